The number of ether oxygens (including phenoxy) is 1. The smallest absolute Gasteiger partial charge is 0.191 e. The Balaban J connectivity index is 0.00000392. The van der Waals surface area contributed by atoms with Gasteiger partial charge in [0.15, 0.2) is 5.96 Å². The minimum atomic E-state index is 0. The number of phenolic OH excluding ortho intramolecular Hbond substituents is 1. The molecule has 0 spiro atoms. The van der Waals surface area contributed by atoms with Gasteiger partial charge in [-0.25, -0.2) is 0 Å². The second-order valence-electron chi connectivity index (χ2n) is 7.56. The predicted molar refractivity (Wildman–Crippen MR) is 127 cm³/mol. The van der Waals surface area contributed by atoms with Gasteiger partial charge in [-0.05, 0) is 50.0 Å². The van der Waals surface area contributed by atoms with E-state index in [2.05, 4.69) is 34.4 Å². The standard InChI is InChI=1S/C21H36N4O2.HI/c1-16(2)19(25-11-7-5-6-8-12-25)15-24-21(22-3)23-14-17-13-18(27-4)9-10-20(17)26;/h9-10,13,16,19,26H,5-8,11-12,14-15H2,1-4H3,(H2,22,23,24);1H. The van der Waals surface area contributed by atoms with E-state index in [0.717, 1.165) is 23.8 Å². The topological polar surface area (TPSA) is 69.1 Å². The van der Waals surface area contributed by atoms with Crippen LogP contribution in [0.15, 0.2) is 23.2 Å². The molecule has 1 aliphatic rings. The highest BCUT2D eigenvalue weighted by Gasteiger charge is 2.22. The Labute approximate surface area is 187 Å². The zero-order valence-electron chi connectivity index (χ0n) is 17.7. The number of methoxy groups -OCH3 is 1. The number of hydrogen-bond acceptors (Lipinski definition) is 4. The summed E-state index contributed by atoms with van der Waals surface area (Å²) in [7, 11) is 3.40. The highest BCUT2D eigenvalue weighted by atomic mass is 127. The molecule has 0 radical (unpaired) electrons. The summed E-state index contributed by atoms with van der Waals surface area (Å²) in [6.45, 7) is 8.31. The van der Waals surface area contributed by atoms with Crippen molar-refractivity contribution in [1.29, 1.82) is 0 Å². The van der Waals surface area contributed by atoms with Gasteiger partial charge in [0.2, 0.25) is 0 Å². The first kappa shape index (κ1) is 24.8. The average molecular weight is 504 g/mol. The zero-order chi connectivity index (χ0) is 19.6. The van der Waals surface area contributed by atoms with Gasteiger partial charge in [0, 0.05) is 31.7 Å². The van der Waals surface area contributed by atoms with Crippen molar-refractivity contribution in [3.8, 4) is 11.5 Å². The van der Waals surface area contributed by atoms with Crippen LogP contribution in [0.1, 0.15) is 45.1 Å². The number of halogens is 1. The molecule has 0 saturated carbocycles. The van der Waals surface area contributed by atoms with Crippen molar-refractivity contribution in [3.05, 3.63) is 23.8 Å². The number of nitrogens with one attached hydrogen (secondary N) is 2. The van der Waals surface area contributed by atoms with Crippen LogP contribution in [0.2, 0.25) is 0 Å². The maximum absolute atomic E-state index is 10.0. The fraction of sp³-hybridized carbons (Fsp3) is 0.667. The van der Waals surface area contributed by atoms with Crippen molar-refractivity contribution in [3.63, 3.8) is 0 Å². The molecule has 0 bridgehead atoms. The Kier molecular flexibility index (Phi) is 11.6. The number of likely N-dealkylation sites (tertiary alicyclic amines) is 1. The van der Waals surface area contributed by atoms with E-state index in [9.17, 15) is 5.11 Å². The first-order valence-corrected chi connectivity index (χ1v) is 10.1. The van der Waals surface area contributed by atoms with Gasteiger partial charge in [0.1, 0.15) is 11.5 Å². The summed E-state index contributed by atoms with van der Waals surface area (Å²) in [4.78, 5) is 6.96. The molecular formula is C21H37IN4O2. The van der Waals surface area contributed by atoms with Crippen molar-refractivity contribution < 1.29 is 9.84 Å². The molecule has 1 atom stereocenters. The van der Waals surface area contributed by atoms with Gasteiger partial charge >= 0.3 is 0 Å². The molecule has 0 aliphatic carbocycles. The van der Waals surface area contributed by atoms with E-state index < -0.39 is 0 Å². The van der Waals surface area contributed by atoms with Crippen LogP contribution in [0.4, 0.5) is 0 Å². The molecule has 1 unspecified atom stereocenters. The Bertz CT molecular complexity index is 602. The average Bonchev–Trinajstić information content (AvgIpc) is 2.94. The van der Waals surface area contributed by atoms with Crippen molar-refractivity contribution in [2.75, 3.05) is 33.8 Å². The third kappa shape index (κ3) is 7.66. The van der Waals surface area contributed by atoms with Crippen LogP contribution in [0.25, 0.3) is 0 Å². The van der Waals surface area contributed by atoms with Crippen LogP contribution in [0.3, 0.4) is 0 Å². The lowest BCUT2D eigenvalue weighted by Gasteiger charge is -2.34. The van der Waals surface area contributed by atoms with E-state index in [1.54, 1.807) is 26.3 Å². The first-order chi connectivity index (χ1) is 13.0. The molecular weight excluding hydrogens is 467 g/mol. The molecule has 6 nitrogen and oxygen atoms in total. The molecule has 1 saturated heterocycles. The van der Waals surface area contributed by atoms with Crippen LogP contribution in [-0.2, 0) is 6.54 Å². The summed E-state index contributed by atoms with van der Waals surface area (Å²) >= 11 is 0. The van der Waals surface area contributed by atoms with E-state index in [1.165, 1.54) is 38.8 Å². The predicted octanol–water partition coefficient (Wildman–Crippen LogP) is 3.58. The van der Waals surface area contributed by atoms with E-state index >= 15 is 0 Å². The second-order valence-corrected chi connectivity index (χ2v) is 7.56. The third-order valence-electron chi connectivity index (χ3n) is 5.31. The second kappa shape index (κ2) is 13.1. The Morgan fingerprint density at radius 1 is 1.18 bits per heavy atom. The summed E-state index contributed by atoms with van der Waals surface area (Å²) in [6.07, 6.45) is 5.29. The molecule has 28 heavy (non-hydrogen) atoms. The summed E-state index contributed by atoms with van der Waals surface area (Å²) in [5.74, 6) is 2.31. The lowest BCUT2D eigenvalue weighted by Crippen LogP contribution is -2.49. The van der Waals surface area contributed by atoms with Crippen LogP contribution in [0.5, 0.6) is 11.5 Å². The van der Waals surface area contributed by atoms with Crippen molar-refractivity contribution in [1.82, 2.24) is 15.5 Å². The summed E-state index contributed by atoms with van der Waals surface area (Å²) in [6, 6.07) is 5.73. The van der Waals surface area contributed by atoms with E-state index in [4.69, 9.17) is 4.74 Å². The molecule has 2 rings (SSSR count). The van der Waals surface area contributed by atoms with Gasteiger partial charge in [-0.2, -0.15) is 0 Å². The molecule has 0 aromatic heterocycles. The number of rotatable bonds is 7. The number of phenols is 1. The first-order valence-electron chi connectivity index (χ1n) is 10.1. The number of guanidine groups is 1. The molecule has 1 aromatic carbocycles. The molecule has 0 amide bonds. The zero-order valence-corrected chi connectivity index (χ0v) is 20.0. The van der Waals surface area contributed by atoms with Gasteiger partial charge in [-0.3, -0.25) is 9.89 Å². The lowest BCUT2D eigenvalue weighted by atomic mass is 10.0. The van der Waals surface area contributed by atoms with E-state index in [0.29, 0.717) is 18.5 Å². The molecule has 1 aliphatic heterocycles. The van der Waals surface area contributed by atoms with E-state index in [-0.39, 0.29) is 29.7 Å². The molecule has 1 fully saturated rings. The maximum atomic E-state index is 10.0. The number of aromatic hydroxyl groups is 1. The SMILES string of the molecule is CN=C(NCc1cc(OC)ccc1O)NCC(C(C)C)N1CCCCCC1.I. The molecule has 1 aromatic rings. The fourth-order valence-corrected chi connectivity index (χ4v) is 3.64. The van der Waals surface area contributed by atoms with Crippen molar-refractivity contribution in [2.45, 2.75) is 52.1 Å². The van der Waals surface area contributed by atoms with Crippen LogP contribution < -0.4 is 15.4 Å². The monoisotopic (exact) mass is 504 g/mol. The molecule has 160 valence electrons. The number of benzene rings is 1. The third-order valence-corrected chi connectivity index (χ3v) is 5.31. The Morgan fingerprint density at radius 3 is 2.43 bits per heavy atom. The minimum Gasteiger partial charge on any atom is -0.508 e. The normalized spacial score (nSPS) is 16.8. The van der Waals surface area contributed by atoms with Crippen LogP contribution >= 0.6 is 24.0 Å². The van der Waals surface area contributed by atoms with Crippen LogP contribution in [-0.4, -0.2) is 55.8 Å². The highest BCUT2D eigenvalue weighted by Crippen LogP contribution is 2.22. The fourth-order valence-electron chi connectivity index (χ4n) is 3.64. The van der Waals surface area contributed by atoms with E-state index in [1.807, 2.05) is 6.07 Å². The van der Waals surface area contributed by atoms with Gasteiger partial charge in [0.25, 0.3) is 0 Å². The van der Waals surface area contributed by atoms with Crippen LogP contribution in [0, 0.1) is 5.92 Å². The summed E-state index contributed by atoms with van der Waals surface area (Å²) in [5.41, 5.74) is 0.783. The Hall–Kier alpha value is -1.22. The highest BCUT2D eigenvalue weighted by molar-refractivity contribution is 14.0. The largest absolute Gasteiger partial charge is 0.508 e. The van der Waals surface area contributed by atoms with Gasteiger partial charge < -0.3 is 20.5 Å². The van der Waals surface area contributed by atoms with Gasteiger partial charge in [-0.1, -0.05) is 26.7 Å². The quantitative estimate of drug-likeness (QED) is 0.301. The maximum Gasteiger partial charge on any atom is 0.191 e. The van der Waals surface area contributed by atoms with Gasteiger partial charge in [-0.15, -0.1) is 24.0 Å². The minimum absolute atomic E-state index is 0. The number of nitrogens with zero attached hydrogens (tertiary/aromatic N) is 2. The number of hydrogen-bond donors (Lipinski definition) is 3. The molecule has 3 N–H and O–H groups in total. The van der Waals surface area contributed by atoms with Gasteiger partial charge in [0.05, 0.1) is 7.11 Å². The molecule has 7 heteroatoms. The Morgan fingerprint density at radius 2 is 1.86 bits per heavy atom. The van der Waals surface area contributed by atoms with Crippen molar-refractivity contribution in [2.24, 2.45) is 10.9 Å². The molecule has 1 heterocycles. The number of aliphatic imine (C=N–C) groups is 1. The lowest BCUT2D eigenvalue weighted by molar-refractivity contribution is 0.161. The summed E-state index contributed by atoms with van der Waals surface area (Å²) < 4.78 is 5.24. The summed E-state index contributed by atoms with van der Waals surface area (Å²) in [5, 5.41) is 16.8. The van der Waals surface area contributed by atoms with Crippen molar-refractivity contribution >= 4 is 29.9 Å².